The Labute approximate surface area is 160 Å². The van der Waals surface area contributed by atoms with Gasteiger partial charge >= 0.3 is 0 Å². The highest BCUT2D eigenvalue weighted by Gasteiger charge is 2.12. The second-order valence-electron chi connectivity index (χ2n) is 5.50. The minimum Gasteiger partial charge on any atom is -0.255 e. The summed E-state index contributed by atoms with van der Waals surface area (Å²) in [6.45, 7) is 0. The van der Waals surface area contributed by atoms with Crippen molar-refractivity contribution in [1.82, 2.24) is 15.0 Å². The van der Waals surface area contributed by atoms with Crippen LogP contribution in [0, 0.1) is 3.57 Å². The first-order valence-corrected chi connectivity index (χ1v) is 8.99. The molecule has 0 saturated heterocycles. The smallest absolute Gasteiger partial charge is 0.0965 e. The number of hydrogen-bond donors (Lipinski definition) is 0. The molecule has 0 radical (unpaired) electrons. The number of benzene rings is 1. The zero-order chi connectivity index (χ0) is 17.1. The van der Waals surface area contributed by atoms with E-state index in [0.717, 1.165) is 33.9 Å². The first-order chi connectivity index (χ1) is 12.3. The fraction of sp³-hybridized carbons (Fsp3) is 0. The standard InChI is InChI=1S/C21H14IN3/c22-17-9-2-1-7-15(17)16-8-6-14-24-21(16)20-12-5-11-19(25-20)18-10-3-4-13-23-18/h1-14H. The summed E-state index contributed by atoms with van der Waals surface area (Å²) in [6, 6.07) is 24.2. The molecule has 0 fully saturated rings. The van der Waals surface area contributed by atoms with Gasteiger partial charge in [-0.1, -0.05) is 36.4 Å². The minimum absolute atomic E-state index is 0.845. The van der Waals surface area contributed by atoms with Gasteiger partial charge in [0, 0.05) is 21.5 Å². The van der Waals surface area contributed by atoms with Gasteiger partial charge in [0.2, 0.25) is 0 Å². The Morgan fingerprint density at radius 3 is 2.12 bits per heavy atom. The van der Waals surface area contributed by atoms with E-state index in [-0.39, 0.29) is 0 Å². The number of halogens is 1. The molecule has 0 unspecified atom stereocenters. The van der Waals surface area contributed by atoms with E-state index >= 15 is 0 Å². The summed E-state index contributed by atoms with van der Waals surface area (Å²) in [5.41, 5.74) is 5.67. The molecule has 0 aliphatic carbocycles. The van der Waals surface area contributed by atoms with Crippen molar-refractivity contribution in [3.63, 3.8) is 0 Å². The number of nitrogens with zero attached hydrogens (tertiary/aromatic N) is 3. The fourth-order valence-electron chi connectivity index (χ4n) is 2.73. The molecule has 3 heterocycles. The van der Waals surface area contributed by atoms with Crippen molar-refractivity contribution < 1.29 is 0 Å². The predicted octanol–water partition coefficient (Wildman–Crippen LogP) is 5.48. The lowest BCUT2D eigenvalue weighted by atomic mass is 10.0. The van der Waals surface area contributed by atoms with Crippen LogP contribution in [0.25, 0.3) is 33.9 Å². The summed E-state index contributed by atoms with van der Waals surface area (Å²) in [5.74, 6) is 0. The summed E-state index contributed by atoms with van der Waals surface area (Å²) < 4.78 is 1.19. The van der Waals surface area contributed by atoms with Gasteiger partial charge in [-0.15, -0.1) is 0 Å². The Bertz CT molecular complexity index is 1020. The molecule has 4 rings (SSSR count). The van der Waals surface area contributed by atoms with Crippen molar-refractivity contribution in [2.45, 2.75) is 0 Å². The molecule has 4 aromatic rings. The van der Waals surface area contributed by atoms with Gasteiger partial charge < -0.3 is 0 Å². The van der Waals surface area contributed by atoms with Gasteiger partial charge in [0.25, 0.3) is 0 Å². The van der Waals surface area contributed by atoms with Crippen molar-refractivity contribution in [1.29, 1.82) is 0 Å². The molecule has 1 aromatic carbocycles. The molecule has 25 heavy (non-hydrogen) atoms. The lowest BCUT2D eigenvalue weighted by molar-refractivity contribution is 1.22. The third-order valence-corrected chi connectivity index (χ3v) is 4.83. The monoisotopic (exact) mass is 435 g/mol. The van der Waals surface area contributed by atoms with Gasteiger partial charge in [0.1, 0.15) is 0 Å². The van der Waals surface area contributed by atoms with Crippen LogP contribution in [0.2, 0.25) is 0 Å². The SMILES string of the molecule is Ic1ccccc1-c1cccnc1-c1cccc(-c2ccccn2)n1. The molecule has 0 aliphatic rings. The van der Waals surface area contributed by atoms with Crippen LogP contribution in [-0.2, 0) is 0 Å². The summed E-state index contributed by atoms with van der Waals surface area (Å²) in [5, 5.41) is 0. The van der Waals surface area contributed by atoms with Crippen molar-refractivity contribution in [3.8, 4) is 33.9 Å². The third kappa shape index (κ3) is 3.30. The second kappa shape index (κ2) is 7.11. The Hall–Kier alpha value is -2.60. The highest BCUT2D eigenvalue weighted by Crippen LogP contribution is 2.32. The summed E-state index contributed by atoms with van der Waals surface area (Å²) in [6.07, 6.45) is 3.59. The van der Waals surface area contributed by atoms with Crippen LogP contribution in [-0.4, -0.2) is 15.0 Å². The van der Waals surface area contributed by atoms with Crippen LogP contribution in [0.5, 0.6) is 0 Å². The normalized spacial score (nSPS) is 10.6. The molecular formula is C21H14IN3. The van der Waals surface area contributed by atoms with Crippen LogP contribution in [0.3, 0.4) is 0 Å². The van der Waals surface area contributed by atoms with E-state index in [1.165, 1.54) is 3.57 Å². The van der Waals surface area contributed by atoms with E-state index in [2.05, 4.69) is 50.8 Å². The number of hydrogen-bond acceptors (Lipinski definition) is 3. The quantitative estimate of drug-likeness (QED) is 0.401. The molecule has 3 aromatic heterocycles. The van der Waals surface area contributed by atoms with Gasteiger partial charge in [-0.3, -0.25) is 9.97 Å². The maximum atomic E-state index is 4.80. The molecule has 0 spiro atoms. The molecule has 0 bridgehead atoms. The molecule has 0 N–H and O–H groups in total. The van der Waals surface area contributed by atoms with E-state index in [0.29, 0.717) is 0 Å². The average Bonchev–Trinajstić information content (AvgIpc) is 2.69. The van der Waals surface area contributed by atoms with E-state index in [9.17, 15) is 0 Å². The van der Waals surface area contributed by atoms with Crippen LogP contribution in [0.15, 0.2) is 85.2 Å². The largest absolute Gasteiger partial charge is 0.255 e. The first-order valence-electron chi connectivity index (χ1n) is 7.92. The number of pyridine rings is 3. The Kier molecular flexibility index (Phi) is 4.52. The van der Waals surface area contributed by atoms with Crippen LogP contribution < -0.4 is 0 Å². The van der Waals surface area contributed by atoms with Gasteiger partial charge in [-0.25, -0.2) is 4.98 Å². The molecule has 0 aliphatic heterocycles. The first kappa shape index (κ1) is 15.9. The maximum absolute atomic E-state index is 4.80. The van der Waals surface area contributed by atoms with Crippen molar-refractivity contribution in [2.75, 3.05) is 0 Å². The predicted molar refractivity (Wildman–Crippen MR) is 109 cm³/mol. The highest BCUT2D eigenvalue weighted by atomic mass is 127. The van der Waals surface area contributed by atoms with Crippen LogP contribution in [0.1, 0.15) is 0 Å². The molecule has 0 atom stereocenters. The van der Waals surface area contributed by atoms with Gasteiger partial charge in [0.05, 0.1) is 22.8 Å². The van der Waals surface area contributed by atoms with E-state index in [4.69, 9.17) is 4.98 Å². The summed E-state index contributed by atoms with van der Waals surface area (Å²) >= 11 is 2.36. The molecule has 4 heteroatoms. The lowest BCUT2D eigenvalue weighted by Gasteiger charge is -2.11. The molecule has 120 valence electrons. The zero-order valence-electron chi connectivity index (χ0n) is 13.3. The Morgan fingerprint density at radius 2 is 1.28 bits per heavy atom. The van der Waals surface area contributed by atoms with E-state index < -0.39 is 0 Å². The Balaban J connectivity index is 1.86. The number of aromatic nitrogens is 3. The minimum atomic E-state index is 0.845. The zero-order valence-corrected chi connectivity index (χ0v) is 15.5. The van der Waals surface area contributed by atoms with Crippen LogP contribution in [0.4, 0.5) is 0 Å². The van der Waals surface area contributed by atoms with Gasteiger partial charge in [0.15, 0.2) is 0 Å². The summed E-state index contributed by atoms with van der Waals surface area (Å²) in [7, 11) is 0. The molecule has 0 amide bonds. The topological polar surface area (TPSA) is 38.7 Å². The highest BCUT2D eigenvalue weighted by molar-refractivity contribution is 14.1. The molecular weight excluding hydrogens is 421 g/mol. The second-order valence-corrected chi connectivity index (χ2v) is 6.66. The Morgan fingerprint density at radius 1 is 0.560 bits per heavy atom. The molecule has 3 nitrogen and oxygen atoms in total. The third-order valence-electron chi connectivity index (χ3n) is 3.89. The van der Waals surface area contributed by atoms with Gasteiger partial charge in [-0.2, -0.15) is 0 Å². The fourth-order valence-corrected chi connectivity index (χ4v) is 3.41. The van der Waals surface area contributed by atoms with Crippen LogP contribution >= 0.6 is 22.6 Å². The van der Waals surface area contributed by atoms with Crippen molar-refractivity contribution >= 4 is 22.6 Å². The van der Waals surface area contributed by atoms with Crippen molar-refractivity contribution in [2.24, 2.45) is 0 Å². The maximum Gasteiger partial charge on any atom is 0.0965 e. The van der Waals surface area contributed by atoms with Crippen molar-refractivity contribution in [3.05, 3.63) is 88.8 Å². The van der Waals surface area contributed by atoms with E-state index in [1.807, 2.05) is 60.8 Å². The van der Waals surface area contributed by atoms with E-state index in [1.54, 1.807) is 6.20 Å². The molecule has 0 saturated carbocycles. The number of rotatable bonds is 3. The average molecular weight is 435 g/mol. The lowest BCUT2D eigenvalue weighted by Crippen LogP contribution is -1.95. The van der Waals surface area contributed by atoms with Gasteiger partial charge in [-0.05, 0) is 64.6 Å². The summed E-state index contributed by atoms with van der Waals surface area (Å²) in [4.78, 5) is 13.8.